The van der Waals surface area contributed by atoms with Crippen LogP contribution >= 0.6 is 0 Å². The number of nitrogens with zero attached hydrogens (tertiary/aromatic N) is 2. The van der Waals surface area contributed by atoms with Crippen molar-refractivity contribution in [3.8, 4) is 0 Å². The van der Waals surface area contributed by atoms with E-state index >= 15 is 0 Å². The number of aromatic nitrogens is 1. The zero-order valence-corrected chi connectivity index (χ0v) is 15.7. The standard InChI is InChI=1S/C22H23N3O2/c1-15-7-3-4-8-17(15)21(26)24-11-13-25(14-12-24)22(27)20-16(2)23-19-10-6-5-9-18(19)20/h3-10,23H,11-14H2,1-2H3. The van der Waals surface area contributed by atoms with Crippen molar-refractivity contribution in [2.24, 2.45) is 0 Å². The fourth-order valence-electron chi connectivity index (χ4n) is 3.81. The van der Waals surface area contributed by atoms with Crippen molar-refractivity contribution in [1.82, 2.24) is 14.8 Å². The third-order valence-corrected chi connectivity index (χ3v) is 5.34. The highest BCUT2D eigenvalue weighted by molar-refractivity contribution is 6.08. The number of rotatable bonds is 2. The molecular formula is C22H23N3O2. The van der Waals surface area contributed by atoms with Crippen LogP contribution in [0.5, 0.6) is 0 Å². The molecule has 5 nitrogen and oxygen atoms in total. The molecule has 1 aliphatic rings. The highest BCUT2D eigenvalue weighted by Crippen LogP contribution is 2.24. The molecule has 0 atom stereocenters. The molecule has 27 heavy (non-hydrogen) atoms. The number of aryl methyl sites for hydroxylation is 2. The van der Waals surface area contributed by atoms with E-state index in [4.69, 9.17) is 0 Å². The number of carbonyl (C=O) groups is 2. The monoisotopic (exact) mass is 361 g/mol. The van der Waals surface area contributed by atoms with Gasteiger partial charge in [0.25, 0.3) is 11.8 Å². The van der Waals surface area contributed by atoms with Gasteiger partial charge in [-0.2, -0.15) is 0 Å². The number of nitrogens with one attached hydrogen (secondary N) is 1. The van der Waals surface area contributed by atoms with Gasteiger partial charge >= 0.3 is 0 Å². The lowest BCUT2D eigenvalue weighted by Crippen LogP contribution is -2.50. The van der Waals surface area contributed by atoms with Gasteiger partial charge in [-0.25, -0.2) is 0 Å². The quantitative estimate of drug-likeness (QED) is 0.761. The van der Waals surface area contributed by atoms with Crippen LogP contribution in [0.4, 0.5) is 0 Å². The lowest BCUT2D eigenvalue weighted by Gasteiger charge is -2.35. The summed E-state index contributed by atoms with van der Waals surface area (Å²) in [5.41, 5.74) is 4.33. The maximum atomic E-state index is 13.1. The van der Waals surface area contributed by atoms with Gasteiger partial charge < -0.3 is 14.8 Å². The molecule has 1 aliphatic heterocycles. The van der Waals surface area contributed by atoms with Crippen LogP contribution in [0, 0.1) is 13.8 Å². The molecule has 2 aromatic carbocycles. The molecule has 0 spiro atoms. The van der Waals surface area contributed by atoms with Crippen LogP contribution in [0.2, 0.25) is 0 Å². The average molecular weight is 361 g/mol. The van der Waals surface area contributed by atoms with Gasteiger partial charge in [-0.1, -0.05) is 36.4 Å². The number of fused-ring (bicyclic) bond motifs is 1. The van der Waals surface area contributed by atoms with Crippen molar-refractivity contribution >= 4 is 22.7 Å². The molecule has 0 bridgehead atoms. The molecule has 4 rings (SSSR count). The summed E-state index contributed by atoms with van der Waals surface area (Å²) in [4.78, 5) is 32.9. The van der Waals surface area contributed by atoms with Crippen molar-refractivity contribution in [2.45, 2.75) is 13.8 Å². The Balaban J connectivity index is 1.49. The third-order valence-electron chi connectivity index (χ3n) is 5.34. The summed E-state index contributed by atoms with van der Waals surface area (Å²) >= 11 is 0. The summed E-state index contributed by atoms with van der Waals surface area (Å²) in [6.07, 6.45) is 0. The third kappa shape index (κ3) is 3.10. The Morgan fingerprint density at radius 3 is 2.11 bits per heavy atom. The summed E-state index contributed by atoms with van der Waals surface area (Å²) < 4.78 is 0. The molecule has 1 N–H and O–H groups in total. The molecule has 0 aliphatic carbocycles. The molecule has 3 aromatic rings. The second-order valence-corrected chi connectivity index (χ2v) is 7.07. The minimum atomic E-state index is 0.0351. The number of para-hydroxylation sites is 1. The van der Waals surface area contributed by atoms with E-state index in [9.17, 15) is 9.59 Å². The number of hydrogen-bond donors (Lipinski definition) is 1. The number of carbonyl (C=O) groups excluding carboxylic acids is 2. The van der Waals surface area contributed by atoms with Gasteiger partial charge in [0.2, 0.25) is 0 Å². The van der Waals surface area contributed by atoms with Crippen LogP contribution in [-0.4, -0.2) is 52.8 Å². The Kier molecular flexibility index (Phi) is 4.44. The second kappa shape index (κ2) is 6.91. The van der Waals surface area contributed by atoms with E-state index in [1.54, 1.807) is 0 Å². The minimum Gasteiger partial charge on any atom is -0.358 e. The number of piperazine rings is 1. The lowest BCUT2D eigenvalue weighted by atomic mass is 10.1. The van der Waals surface area contributed by atoms with Gasteiger partial charge in [-0.3, -0.25) is 9.59 Å². The topological polar surface area (TPSA) is 56.4 Å². The molecule has 0 radical (unpaired) electrons. The predicted octanol–water partition coefficient (Wildman–Crippen LogP) is 3.38. The maximum Gasteiger partial charge on any atom is 0.256 e. The van der Waals surface area contributed by atoms with Gasteiger partial charge in [0, 0.05) is 48.3 Å². The van der Waals surface area contributed by atoms with Crippen LogP contribution in [-0.2, 0) is 0 Å². The summed E-state index contributed by atoms with van der Waals surface area (Å²) in [6.45, 7) is 6.10. The maximum absolute atomic E-state index is 13.1. The number of aromatic amines is 1. The largest absolute Gasteiger partial charge is 0.358 e. The van der Waals surface area contributed by atoms with Gasteiger partial charge in [-0.15, -0.1) is 0 Å². The Morgan fingerprint density at radius 1 is 0.815 bits per heavy atom. The first-order chi connectivity index (χ1) is 13.1. The van der Waals surface area contributed by atoms with Crippen LogP contribution in [0.15, 0.2) is 48.5 Å². The molecule has 138 valence electrons. The van der Waals surface area contributed by atoms with Crippen LogP contribution in [0.1, 0.15) is 32.0 Å². The van der Waals surface area contributed by atoms with Crippen molar-refractivity contribution in [3.05, 3.63) is 70.9 Å². The second-order valence-electron chi connectivity index (χ2n) is 7.07. The summed E-state index contributed by atoms with van der Waals surface area (Å²) in [7, 11) is 0. The molecule has 1 saturated heterocycles. The SMILES string of the molecule is Cc1ccccc1C(=O)N1CCN(C(=O)c2c(C)[nH]c3ccccc23)CC1. The molecule has 2 heterocycles. The van der Waals surface area contributed by atoms with Gasteiger partial charge in [0.15, 0.2) is 0 Å². The zero-order valence-electron chi connectivity index (χ0n) is 15.7. The molecule has 2 amide bonds. The highest BCUT2D eigenvalue weighted by Gasteiger charge is 2.28. The highest BCUT2D eigenvalue weighted by atomic mass is 16.2. The Labute approximate surface area is 158 Å². The van der Waals surface area contributed by atoms with E-state index in [0.717, 1.165) is 33.3 Å². The van der Waals surface area contributed by atoms with Crippen LogP contribution in [0.3, 0.4) is 0 Å². The first-order valence-corrected chi connectivity index (χ1v) is 9.28. The zero-order chi connectivity index (χ0) is 19.0. The van der Waals surface area contributed by atoms with Crippen LogP contribution < -0.4 is 0 Å². The lowest BCUT2D eigenvalue weighted by molar-refractivity contribution is 0.0535. The van der Waals surface area contributed by atoms with Crippen molar-refractivity contribution in [2.75, 3.05) is 26.2 Å². The summed E-state index contributed by atoms with van der Waals surface area (Å²) in [5, 5.41) is 0.957. The molecule has 5 heteroatoms. The van der Waals surface area contributed by atoms with Crippen molar-refractivity contribution in [3.63, 3.8) is 0 Å². The number of hydrogen-bond acceptors (Lipinski definition) is 2. The van der Waals surface area contributed by atoms with E-state index in [1.807, 2.05) is 72.2 Å². The van der Waals surface area contributed by atoms with E-state index in [-0.39, 0.29) is 11.8 Å². The van der Waals surface area contributed by atoms with E-state index in [0.29, 0.717) is 26.2 Å². The van der Waals surface area contributed by atoms with Gasteiger partial charge in [-0.05, 0) is 31.5 Å². The van der Waals surface area contributed by atoms with Gasteiger partial charge in [0.1, 0.15) is 0 Å². The minimum absolute atomic E-state index is 0.0351. The Hall–Kier alpha value is -3.08. The fraction of sp³-hybridized carbons (Fsp3) is 0.273. The Bertz CT molecular complexity index is 1010. The molecule has 1 fully saturated rings. The summed E-state index contributed by atoms with van der Waals surface area (Å²) in [6, 6.07) is 15.5. The average Bonchev–Trinajstić information content (AvgIpc) is 3.03. The first kappa shape index (κ1) is 17.3. The smallest absolute Gasteiger partial charge is 0.256 e. The number of amides is 2. The number of benzene rings is 2. The molecule has 0 saturated carbocycles. The van der Waals surface area contributed by atoms with E-state index in [2.05, 4.69) is 4.98 Å². The summed E-state index contributed by atoms with van der Waals surface area (Å²) in [5.74, 6) is 0.0800. The van der Waals surface area contributed by atoms with Crippen LogP contribution in [0.25, 0.3) is 10.9 Å². The van der Waals surface area contributed by atoms with Gasteiger partial charge in [0.05, 0.1) is 5.56 Å². The molecule has 0 unspecified atom stereocenters. The number of H-pyrrole nitrogens is 1. The van der Waals surface area contributed by atoms with E-state index in [1.165, 1.54) is 0 Å². The normalized spacial score (nSPS) is 14.6. The van der Waals surface area contributed by atoms with E-state index < -0.39 is 0 Å². The van der Waals surface area contributed by atoms with Crippen molar-refractivity contribution in [1.29, 1.82) is 0 Å². The molecule has 1 aromatic heterocycles. The molecular weight excluding hydrogens is 338 g/mol. The fourth-order valence-corrected chi connectivity index (χ4v) is 3.81. The predicted molar refractivity (Wildman–Crippen MR) is 106 cm³/mol. The first-order valence-electron chi connectivity index (χ1n) is 9.28. The van der Waals surface area contributed by atoms with Crippen molar-refractivity contribution < 1.29 is 9.59 Å². The Morgan fingerprint density at radius 2 is 1.41 bits per heavy atom.